The van der Waals surface area contributed by atoms with Gasteiger partial charge in [-0.05, 0) is 30.5 Å². The SMILES string of the molecule is NC(=S)C1(c2ccc(C(F)(F)F)cc2)CC1. The van der Waals surface area contributed by atoms with E-state index in [1.54, 1.807) is 0 Å². The third-order valence-electron chi connectivity index (χ3n) is 2.99. The zero-order valence-electron chi connectivity index (χ0n) is 8.34. The molecule has 0 atom stereocenters. The number of thiocarbonyl (C=S) groups is 1. The summed E-state index contributed by atoms with van der Waals surface area (Å²) in [6.45, 7) is 0. The molecule has 0 aliphatic heterocycles. The molecule has 1 aliphatic rings. The molecule has 1 saturated carbocycles. The molecule has 1 aliphatic carbocycles. The fraction of sp³-hybridized carbons (Fsp3) is 0.364. The highest BCUT2D eigenvalue weighted by molar-refractivity contribution is 7.80. The summed E-state index contributed by atoms with van der Waals surface area (Å²) < 4.78 is 37.0. The second-order valence-corrected chi connectivity index (χ2v) is 4.46. The first-order valence-corrected chi connectivity index (χ1v) is 5.25. The molecule has 0 spiro atoms. The summed E-state index contributed by atoms with van der Waals surface area (Å²) in [5.74, 6) is 0. The van der Waals surface area contributed by atoms with Crippen molar-refractivity contribution in [3.8, 4) is 0 Å². The van der Waals surface area contributed by atoms with Crippen molar-refractivity contribution >= 4 is 17.2 Å². The van der Waals surface area contributed by atoms with Crippen LogP contribution in [0.15, 0.2) is 24.3 Å². The van der Waals surface area contributed by atoms with Crippen LogP contribution in [0.3, 0.4) is 0 Å². The molecule has 0 bridgehead atoms. The number of hydrogen-bond donors (Lipinski definition) is 1. The lowest BCUT2D eigenvalue weighted by atomic mass is 9.95. The van der Waals surface area contributed by atoms with Crippen LogP contribution in [0, 0.1) is 0 Å². The predicted octanol–water partition coefficient (Wildman–Crippen LogP) is 3.02. The topological polar surface area (TPSA) is 26.0 Å². The zero-order valence-corrected chi connectivity index (χ0v) is 9.16. The molecule has 0 heterocycles. The van der Waals surface area contributed by atoms with Gasteiger partial charge < -0.3 is 5.73 Å². The van der Waals surface area contributed by atoms with Crippen LogP contribution in [0.2, 0.25) is 0 Å². The maximum atomic E-state index is 12.3. The average Bonchev–Trinajstić information content (AvgIpc) is 2.97. The summed E-state index contributed by atoms with van der Waals surface area (Å²) in [6, 6.07) is 5.09. The van der Waals surface area contributed by atoms with Gasteiger partial charge in [0.2, 0.25) is 0 Å². The van der Waals surface area contributed by atoms with Gasteiger partial charge >= 0.3 is 6.18 Å². The Morgan fingerprint density at radius 1 is 1.19 bits per heavy atom. The first-order chi connectivity index (χ1) is 7.36. The van der Waals surface area contributed by atoms with Crippen LogP contribution in [-0.4, -0.2) is 4.99 Å². The molecule has 1 fully saturated rings. The van der Waals surface area contributed by atoms with Gasteiger partial charge in [-0.1, -0.05) is 24.4 Å². The minimum atomic E-state index is -4.29. The highest BCUT2D eigenvalue weighted by Crippen LogP contribution is 2.48. The van der Waals surface area contributed by atoms with E-state index in [1.807, 2.05) is 0 Å². The minimum absolute atomic E-state index is 0.348. The van der Waals surface area contributed by atoms with Crippen LogP contribution >= 0.6 is 12.2 Å². The fourth-order valence-electron chi connectivity index (χ4n) is 1.78. The Balaban J connectivity index is 2.31. The van der Waals surface area contributed by atoms with Crippen molar-refractivity contribution in [3.63, 3.8) is 0 Å². The van der Waals surface area contributed by atoms with Gasteiger partial charge in [-0.3, -0.25) is 0 Å². The molecule has 5 heteroatoms. The number of hydrogen-bond acceptors (Lipinski definition) is 1. The number of alkyl halides is 3. The molecule has 0 aromatic heterocycles. The molecule has 0 amide bonds. The Bertz CT molecular complexity index is 418. The van der Waals surface area contributed by atoms with Gasteiger partial charge in [0, 0.05) is 5.41 Å². The standard InChI is InChI=1S/C11H10F3NS/c12-11(13,14)8-3-1-7(2-4-8)10(5-6-10)9(15)16/h1-4H,5-6H2,(H2,15,16). The molecule has 0 radical (unpaired) electrons. The van der Waals surface area contributed by atoms with Crippen molar-refractivity contribution in [2.75, 3.05) is 0 Å². The second-order valence-electron chi connectivity index (χ2n) is 4.02. The molecule has 0 saturated heterocycles. The highest BCUT2D eigenvalue weighted by atomic mass is 32.1. The lowest BCUT2D eigenvalue weighted by Crippen LogP contribution is -2.26. The third-order valence-corrected chi connectivity index (χ3v) is 3.38. The molecule has 86 valence electrons. The van der Waals surface area contributed by atoms with E-state index in [0.717, 1.165) is 30.5 Å². The quantitative estimate of drug-likeness (QED) is 0.810. The lowest BCUT2D eigenvalue weighted by molar-refractivity contribution is -0.137. The lowest BCUT2D eigenvalue weighted by Gasteiger charge is -2.14. The van der Waals surface area contributed by atoms with E-state index in [2.05, 4.69) is 0 Å². The van der Waals surface area contributed by atoms with Crippen molar-refractivity contribution in [1.82, 2.24) is 0 Å². The van der Waals surface area contributed by atoms with Crippen LogP contribution in [0.25, 0.3) is 0 Å². The van der Waals surface area contributed by atoms with E-state index in [9.17, 15) is 13.2 Å². The summed E-state index contributed by atoms with van der Waals surface area (Å²) >= 11 is 4.94. The van der Waals surface area contributed by atoms with E-state index in [-0.39, 0.29) is 5.41 Å². The third kappa shape index (κ3) is 1.80. The van der Waals surface area contributed by atoms with E-state index in [1.165, 1.54) is 12.1 Å². The van der Waals surface area contributed by atoms with Crippen LogP contribution in [-0.2, 0) is 11.6 Å². The van der Waals surface area contributed by atoms with E-state index in [4.69, 9.17) is 18.0 Å². The van der Waals surface area contributed by atoms with Gasteiger partial charge in [-0.15, -0.1) is 0 Å². The Kier molecular flexibility index (Phi) is 2.45. The molecule has 2 rings (SSSR count). The largest absolute Gasteiger partial charge is 0.416 e. The summed E-state index contributed by atoms with van der Waals surface area (Å²) in [5.41, 5.74) is 5.39. The molecule has 0 unspecified atom stereocenters. The van der Waals surface area contributed by atoms with E-state index >= 15 is 0 Å². The predicted molar refractivity (Wildman–Crippen MR) is 59.1 cm³/mol. The summed E-state index contributed by atoms with van der Waals surface area (Å²) in [6.07, 6.45) is -2.64. The summed E-state index contributed by atoms with van der Waals surface area (Å²) in [7, 11) is 0. The second kappa shape index (κ2) is 3.45. The summed E-state index contributed by atoms with van der Waals surface area (Å²) in [5, 5.41) is 0. The minimum Gasteiger partial charge on any atom is -0.393 e. The van der Waals surface area contributed by atoms with Crippen LogP contribution in [0.4, 0.5) is 13.2 Å². The molecule has 1 aromatic carbocycles. The van der Waals surface area contributed by atoms with Gasteiger partial charge in [0.1, 0.15) is 0 Å². The maximum Gasteiger partial charge on any atom is 0.416 e. The molecule has 1 nitrogen and oxygen atoms in total. The van der Waals surface area contributed by atoms with Crippen molar-refractivity contribution in [2.24, 2.45) is 5.73 Å². The first kappa shape index (κ1) is 11.4. The van der Waals surface area contributed by atoms with Gasteiger partial charge in [-0.25, -0.2) is 0 Å². The van der Waals surface area contributed by atoms with Gasteiger partial charge in [0.05, 0.1) is 10.6 Å². The molecular formula is C11H10F3NS. The molecule has 16 heavy (non-hydrogen) atoms. The summed E-state index contributed by atoms with van der Waals surface area (Å²) in [4.78, 5) is 0.368. The van der Waals surface area contributed by atoms with Gasteiger partial charge in [-0.2, -0.15) is 13.2 Å². The Hall–Kier alpha value is -1.10. The number of nitrogens with two attached hydrogens (primary N) is 1. The van der Waals surface area contributed by atoms with Crippen molar-refractivity contribution in [2.45, 2.75) is 24.4 Å². The first-order valence-electron chi connectivity index (χ1n) is 4.84. The monoisotopic (exact) mass is 245 g/mol. The smallest absolute Gasteiger partial charge is 0.393 e. The average molecular weight is 245 g/mol. The van der Waals surface area contributed by atoms with Gasteiger partial charge in [0.25, 0.3) is 0 Å². The van der Waals surface area contributed by atoms with Gasteiger partial charge in [0.15, 0.2) is 0 Å². The van der Waals surface area contributed by atoms with E-state index < -0.39 is 11.7 Å². The Morgan fingerprint density at radius 3 is 2.00 bits per heavy atom. The Labute approximate surface area is 96.4 Å². The fourth-order valence-corrected chi connectivity index (χ4v) is 2.10. The Morgan fingerprint density at radius 2 is 1.69 bits per heavy atom. The van der Waals surface area contributed by atoms with Crippen LogP contribution < -0.4 is 5.73 Å². The van der Waals surface area contributed by atoms with Crippen molar-refractivity contribution in [1.29, 1.82) is 0 Å². The number of halogens is 3. The number of benzene rings is 1. The highest BCUT2D eigenvalue weighted by Gasteiger charge is 2.47. The zero-order chi connectivity index (χ0) is 12.0. The maximum absolute atomic E-state index is 12.3. The van der Waals surface area contributed by atoms with E-state index in [0.29, 0.717) is 4.99 Å². The van der Waals surface area contributed by atoms with Crippen molar-refractivity contribution in [3.05, 3.63) is 35.4 Å². The molecular weight excluding hydrogens is 235 g/mol. The normalized spacial score (nSPS) is 18.2. The van der Waals surface area contributed by atoms with Crippen LogP contribution in [0.1, 0.15) is 24.0 Å². The molecule has 2 N–H and O–H groups in total. The van der Waals surface area contributed by atoms with Crippen LogP contribution in [0.5, 0.6) is 0 Å². The number of rotatable bonds is 2. The van der Waals surface area contributed by atoms with Crippen molar-refractivity contribution < 1.29 is 13.2 Å². The molecule has 1 aromatic rings.